The van der Waals surface area contributed by atoms with E-state index in [1.807, 2.05) is 4.90 Å². The third-order valence-electron chi connectivity index (χ3n) is 4.36. The lowest BCUT2D eigenvalue weighted by Gasteiger charge is -2.40. The molecule has 1 aliphatic rings. The smallest absolute Gasteiger partial charge is 0.337 e. The van der Waals surface area contributed by atoms with Crippen molar-refractivity contribution in [3.8, 4) is 0 Å². The number of carboxylic acids is 1. The summed E-state index contributed by atoms with van der Waals surface area (Å²) in [5, 5.41) is 9.18. The molecule has 1 aromatic rings. The molecule has 104 valence electrons. The highest BCUT2D eigenvalue weighted by Gasteiger charge is 2.30. The molecule has 19 heavy (non-hydrogen) atoms. The minimum absolute atomic E-state index is 0.0556. The third kappa shape index (κ3) is 2.72. The van der Waals surface area contributed by atoms with Gasteiger partial charge in [0.25, 0.3) is 0 Å². The number of hydrogen-bond donors (Lipinski definition) is 1. The second kappa shape index (κ2) is 5.19. The summed E-state index contributed by atoms with van der Waals surface area (Å²) in [5.74, 6) is -1.52. The zero-order chi connectivity index (χ0) is 14.0. The fourth-order valence-electron chi connectivity index (χ4n) is 2.63. The molecule has 1 N–H and O–H groups in total. The molecule has 1 aromatic carbocycles. The van der Waals surface area contributed by atoms with E-state index in [-0.39, 0.29) is 11.3 Å². The Bertz CT molecular complexity index is 479. The summed E-state index contributed by atoms with van der Waals surface area (Å²) in [6.45, 7) is 5.84. The maximum atomic E-state index is 14.0. The van der Waals surface area contributed by atoms with Crippen LogP contribution >= 0.6 is 0 Å². The van der Waals surface area contributed by atoms with Gasteiger partial charge in [0.15, 0.2) is 0 Å². The zero-order valence-corrected chi connectivity index (χ0v) is 11.4. The van der Waals surface area contributed by atoms with Gasteiger partial charge in [-0.25, -0.2) is 9.18 Å². The number of rotatable bonds is 3. The topological polar surface area (TPSA) is 40.5 Å². The SMILES string of the molecule is CCC1(C)CCN(c2c(F)cccc2C(=O)O)CC1. The molecular weight excluding hydrogens is 245 g/mol. The van der Waals surface area contributed by atoms with E-state index in [2.05, 4.69) is 13.8 Å². The molecule has 1 aliphatic heterocycles. The van der Waals surface area contributed by atoms with Crippen LogP contribution in [0.25, 0.3) is 0 Å². The maximum Gasteiger partial charge on any atom is 0.337 e. The van der Waals surface area contributed by atoms with Crippen LogP contribution in [0.5, 0.6) is 0 Å². The maximum absolute atomic E-state index is 14.0. The van der Waals surface area contributed by atoms with Gasteiger partial charge >= 0.3 is 5.97 Å². The van der Waals surface area contributed by atoms with Crippen LogP contribution < -0.4 is 4.90 Å². The summed E-state index contributed by atoms with van der Waals surface area (Å²) >= 11 is 0. The second-order valence-electron chi connectivity index (χ2n) is 5.59. The average molecular weight is 265 g/mol. The molecule has 3 nitrogen and oxygen atoms in total. The molecule has 1 saturated heterocycles. The van der Waals surface area contributed by atoms with Crippen LogP contribution in [0.3, 0.4) is 0 Å². The van der Waals surface area contributed by atoms with E-state index in [9.17, 15) is 14.3 Å². The van der Waals surface area contributed by atoms with Crippen molar-refractivity contribution in [2.45, 2.75) is 33.1 Å². The Labute approximate surface area is 113 Å². The van der Waals surface area contributed by atoms with Gasteiger partial charge < -0.3 is 10.0 Å². The van der Waals surface area contributed by atoms with Gasteiger partial charge in [0, 0.05) is 13.1 Å². The summed E-state index contributed by atoms with van der Waals surface area (Å²) in [4.78, 5) is 13.1. The third-order valence-corrected chi connectivity index (χ3v) is 4.36. The Morgan fingerprint density at radius 3 is 2.58 bits per heavy atom. The largest absolute Gasteiger partial charge is 0.478 e. The number of benzene rings is 1. The van der Waals surface area contributed by atoms with Gasteiger partial charge in [0.2, 0.25) is 0 Å². The minimum Gasteiger partial charge on any atom is -0.478 e. The molecular formula is C15H20FNO2. The van der Waals surface area contributed by atoms with Gasteiger partial charge in [0.05, 0.1) is 11.3 Å². The van der Waals surface area contributed by atoms with Crippen LogP contribution in [0.2, 0.25) is 0 Å². The van der Waals surface area contributed by atoms with Crippen molar-refractivity contribution < 1.29 is 14.3 Å². The van der Waals surface area contributed by atoms with Crippen LogP contribution in [0.15, 0.2) is 18.2 Å². The molecule has 0 aromatic heterocycles. The van der Waals surface area contributed by atoms with Crippen molar-refractivity contribution in [2.24, 2.45) is 5.41 Å². The number of nitrogens with zero attached hydrogens (tertiary/aromatic N) is 1. The Morgan fingerprint density at radius 2 is 2.05 bits per heavy atom. The fraction of sp³-hybridized carbons (Fsp3) is 0.533. The average Bonchev–Trinajstić information content (AvgIpc) is 2.40. The Morgan fingerprint density at radius 1 is 1.42 bits per heavy atom. The number of anilines is 1. The van der Waals surface area contributed by atoms with E-state index in [0.29, 0.717) is 18.5 Å². The molecule has 0 radical (unpaired) electrons. The predicted molar refractivity (Wildman–Crippen MR) is 73.2 cm³/mol. The van der Waals surface area contributed by atoms with Crippen molar-refractivity contribution in [1.82, 2.24) is 0 Å². The van der Waals surface area contributed by atoms with Gasteiger partial charge in [-0.3, -0.25) is 0 Å². The number of carboxylic acid groups (broad SMARTS) is 1. The summed E-state index contributed by atoms with van der Waals surface area (Å²) in [7, 11) is 0. The number of aromatic carboxylic acids is 1. The van der Waals surface area contributed by atoms with Crippen molar-refractivity contribution in [3.63, 3.8) is 0 Å². The second-order valence-corrected chi connectivity index (χ2v) is 5.59. The lowest BCUT2D eigenvalue weighted by molar-refractivity contribution is 0.0697. The molecule has 0 atom stereocenters. The standard InChI is InChI=1S/C15H20FNO2/c1-3-15(2)7-9-17(10-8-15)13-11(14(18)19)5-4-6-12(13)16/h4-6H,3,7-10H2,1-2H3,(H,18,19). The molecule has 2 rings (SSSR count). The van der Waals surface area contributed by atoms with E-state index in [1.54, 1.807) is 0 Å². The number of carbonyl (C=O) groups is 1. The van der Waals surface area contributed by atoms with Crippen LogP contribution in [0.1, 0.15) is 43.5 Å². The summed E-state index contributed by atoms with van der Waals surface area (Å²) in [5.41, 5.74) is 0.596. The van der Waals surface area contributed by atoms with E-state index < -0.39 is 11.8 Å². The number of para-hydroxylation sites is 1. The van der Waals surface area contributed by atoms with Crippen LogP contribution in [0, 0.1) is 11.2 Å². The Hall–Kier alpha value is -1.58. The molecule has 0 aliphatic carbocycles. The van der Waals surface area contributed by atoms with Crippen LogP contribution in [-0.4, -0.2) is 24.2 Å². The monoisotopic (exact) mass is 265 g/mol. The van der Waals surface area contributed by atoms with E-state index >= 15 is 0 Å². The van der Waals surface area contributed by atoms with E-state index in [4.69, 9.17) is 0 Å². The first kappa shape index (κ1) is 13.8. The van der Waals surface area contributed by atoms with Crippen molar-refractivity contribution in [2.75, 3.05) is 18.0 Å². The first-order valence-corrected chi connectivity index (χ1v) is 6.73. The molecule has 0 bridgehead atoms. The Kier molecular flexibility index (Phi) is 3.78. The first-order valence-electron chi connectivity index (χ1n) is 6.73. The van der Waals surface area contributed by atoms with Gasteiger partial charge in [-0.2, -0.15) is 0 Å². The Balaban J connectivity index is 2.27. The number of halogens is 1. The molecule has 0 spiro atoms. The summed E-state index contributed by atoms with van der Waals surface area (Å²) < 4.78 is 14.0. The molecule has 1 heterocycles. The normalized spacial score (nSPS) is 18.4. The molecule has 1 fully saturated rings. The van der Waals surface area contributed by atoms with Crippen molar-refractivity contribution in [1.29, 1.82) is 0 Å². The molecule has 0 saturated carbocycles. The highest BCUT2D eigenvalue weighted by Crippen LogP contribution is 2.37. The van der Waals surface area contributed by atoms with Gasteiger partial charge in [-0.15, -0.1) is 0 Å². The number of hydrogen-bond acceptors (Lipinski definition) is 2. The predicted octanol–water partition coefficient (Wildman–Crippen LogP) is 3.54. The lowest BCUT2D eigenvalue weighted by Crippen LogP contribution is -2.39. The van der Waals surface area contributed by atoms with Gasteiger partial charge in [0.1, 0.15) is 5.82 Å². The van der Waals surface area contributed by atoms with Crippen molar-refractivity contribution >= 4 is 11.7 Å². The minimum atomic E-state index is -1.07. The zero-order valence-electron chi connectivity index (χ0n) is 11.4. The van der Waals surface area contributed by atoms with Crippen LogP contribution in [-0.2, 0) is 0 Å². The van der Waals surface area contributed by atoms with E-state index in [0.717, 1.165) is 19.3 Å². The summed E-state index contributed by atoms with van der Waals surface area (Å²) in [6, 6.07) is 4.24. The molecule has 0 amide bonds. The van der Waals surface area contributed by atoms with E-state index in [1.165, 1.54) is 18.2 Å². The van der Waals surface area contributed by atoms with Gasteiger partial charge in [-0.1, -0.05) is 26.3 Å². The quantitative estimate of drug-likeness (QED) is 0.908. The first-order chi connectivity index (χ1) is 8.97. The lowest BCUT2D eigenvalue weighted by atomic mass is 9.78. The number of piperidine rings is 1. The van der Waals surface area contributed by atoms with Crippen LogP contribution in [0.4, 0.5) is 10.1 Å². The highest BCUT2D eigenvalue weighted by molar-refractivity contribution is 5.94. The molecule has 4 heteroatoms. The molecule has 0 unspecified atom stereocenters. The fourth-order valence-corrected chi connectivity index (χ4v) is 2.63. The summed E-state index contributed by atoms with van der Waals surface area (Å²) in [6.07, 6.45) is 3.04. The van der Waals surface area contributed by atoms with Crippen molar-refractivity contribution in [3.05, 3.63) is 29.6 Å². The highest BCUT2D eigenvalue weighted by atomic mass is 19.1. The van der Waals surface area contributed by atoms with Gasteiger partial charge in [-0.05, 0) is 30.4 Å².